The van der Waals surface area contributed by atoms with E-state index in [0.717, 1.165) is 11.1 Å². The molecule has 0 aliphatic carbocycles. The van der Waals surface area contributed by atoms with Crippen molar-refractivity contribution in [3.63, 3.8) is 0 Å². The molecule has 0 heterocycles. The fourth-order valence-corrected chi connectivity index (χ4v) is 2.38. The van der Waals surface area contributed by atoms with Gasteiger partial charge < -0.3 is 0 Å². The molecule has 100 valence electrons. The molecule has 0 amide bonds. The minimum absolute atomic E-state index is 0.207. The lowest BCUT2D eigenvalue weighted by Crippen LogP contribution is -2.13. The van der Waals surface area contributed by atoms with Crippen LogP contribution in [0.25, 0.3) is 0 Å². The molecule has 2 aromatic carbocycles. The van der Waals surface area contributed by atoms with Crippen LogP contribution >= 0.6 is 11.6 Å². The highest BCUT2D eigenvalue weighted by Gasteiger charge is 2.24. The van der Waals surface area contributed by atoms with E-state index in [0.29, 0.717) is 16.1 Å². The average molecular weight is 284 g/mol. The van der Waals surface area contributed by atoms with Gasteiger partial charge in [-0.1, -0.05) is 48.0 Å². The summed E-state index contributed by atoms with van der Waals surface area (Å²) in [5, 5.41) is 9.93. The van der Waals surface area contributed by atoms with Crippen molar-refractivity contribution in [3.8, 4) is 6.07 Å². The number of hydrogen-bond donors (Lipinski definition) is 0. The number of nitriles is 1. The number of carbonyl (C=O) groups is 1. The Balaban J connectivity index is 2.49. The second-order valence-electron chi connectivity index (χ2n) is 4.70. The number of ketones is 1. The first kappa shape index (κ1) is 14.3. The fourth-order valence-electron chi connectivity index (χ4n) is 2.21. The zero-order valence-corrected chi connectivity index (χ0v) is 12.1. The maximum atomic E-state index is 12.6. The molecule has 3 heteroatoms. The van der Waals surface area contributed by atoms with Gasteiger partial charge in [0.2, 0.25) is 0 Å². The molecule has 2 rings (SSSR count). The fraction of sp³-hybridized carbons (Fsp3) is 0.176. The van der Waals surface area contributed by atoms with Gasteiger partial charge in [0.1, 0.15) is 5.92 Å². The van der Waals surface area contributed by atoms with Crippen LogP contribution < -0.4 is 0 Å². The van der Waals surface area contributed by atoms with E-state index >= 15 is 0 Å². The summed E-state index contributed by atoms with van der Waals surface area (Å²) in [6.45, 7) is 3.69. The summed E-state index contributed by atoms with van der Waals surface area (Å²) >= 11 is 6.05. The van der Waals surface area contributed by atoms with Crippen molar-refractivity contribution in [2.45, 2.75) is 19.8 Å². The first-order valence-electron chi connectivity index (χ1n) is 6.30. The van der Waals surface area contributed by atoms with Gasteiger partial charge in [0, 0.05) is 10.6 Å². The summed E-state index contributed by atoms with van der Waals surface area (Å²) in [6, 6.07) is 14.7. The molecule has 0 fully saturated rings. The van der Waals surface area contributed by atoms with Gasteiger partial charge in [0.05, 0.1) is 6.07 Å². The Morgan fingerprint density at radius 3 is 2.50 bits per heavy atom. The minimum atomic E-state index is -0.798. The molecule has 0 saturated heterocycles. The predicted octanol–water partition coefficient (Wildman–Crippen LogP) is 4.45. The zero-order chi connectivity index (χ0) is 14.7. The molecule has 2 aromatic rings. The topological polar surface area (TPSA) is 40.9 Å². The number of nitrogens with zero attached hydrogens (tertiary/aromatic N) is 1. The third-order valence-corrected chi connectivity index (χ3v) is 3.83. The molecule has 0 saturated carbocycles. The molecule has 0 aromatic heterocycles. The van der Waals surface area contributed by atoms with Gasteiger partial charge in [-0.15, -0.1) is 0 Å². The molecular weight excluding hydrogens is 270 g/mol. The van der Waals surface area contributed by atoms with Crippen LogP contribution in [0.5, 0.6) is 0 Å². The molecule has 1 unspecified atom stereocenters. The van der Waals surface area contributed by atoms with Crippen molar-refractivity contribution >= 4 is 17.4 Å². The van der Waals surface area contributed by atoms with E-state index in [1.165, 1.54) is 0 Å². The molecule has 0 radical (unpaired) electrons. The summed E-state index contributed by atoms with van der Waals surface area (Å²) in [5.74, 6) is -1.00. The van der Waals surface area contributed by atoms with Gasteiger partial charge in [-0.05, 0) is 36.6 Å². The second-order valence-corrected chi connectivity index (χ2v) is 5.10. The number of carbonyl (C=O) groups excluding carboxylic acids is 1. The number of aryl methyl sites for hydroxylation is 1. The number of benzene rings is 2. The third kappa shape index (κ3) is 2.59. The van der Waals surface area contributed by atoms with E-state index < -0.39 is 5.92 Å². The van der Waals surface area contributed by atoms with Crippen LogP contribution in [0.1, 0.15) is 33.0 Å². The lowest BCUT2D eigenvalue weighted by molar-refractivity contribution is 0.0978. The molecule has 2 nitrogen and oxygen atoms in total. The van der Waals surface area contributed by atoms with Gasteiger partial charge >= 0.3 is 0 Å². The third-order valence-electron chi connectivity index (χ3n) is 3.42. The van der Waals surface area contributed by atoms with Crippen molar-refractivity contribution in [2.75, 3.05) is 0 Å². The quantitative estimate of drug-likeness (QED) is 0.781. The maximum Gasteiger partial charge on any atom is 0.184 e. The zero-order valence-electron chi connectivity index (χ0n) is 11.4. The Morgan fingerprint density at radius 1 is 1.15 bits per heavy atom. The SMILES string of the molecule is Cc1ccccc1C(C#N)C(=O)c1cccc(Cl)c1C. The monoisotopic (exact) mass is 283 g/mol. The van der Waals surface area contributed by atoms with E-state index in [-0.39, 0.29) is 5.78 Å². The first-order chi connectivity index (χ1) is 9.56. The number of halogens is 1. The Kier molecular flexibility index (Phi) is 4.22. The Hall–Kier alpha value is -2.11. The smallest absolute Gasteiger partial charge is 0.184 e. The molecule has 0 N–H and O–H groups in total. The van der Waals surface area contributed by atoms with E-state index in [1.807, 2.05) is 31.2 Å². The molecule has 0 aliphatic rings. The summed E-state index contributed by atoms with van der Waals surface area (Å²) in [5.41, 5.74) is 2.91. The lowest BCUT2D eigenvalue weighted by atomic mass is 9.88. The average Bonchev–Trinajstić information content (AvgIpc) is 2.44. The van der Waals surface area contributed by atoms with Gasteiger partial charge in [-0.25, -0.2) is 0 Å². The number of rotatable bonds is 3. The normalized spacial score (nSPS) is 11.7. The van der Waals surface area contributed by atoms with Crippen molar-refractivity contribution in [1.29, 1.82) is 5.26 Å². The lowest BCUT2D eigenvalue weighted by Gasteiger charge is -2.13. The molecule has 0 aliphatic heterocycles. The van der Waals surface area contributed by atoms with Crippen LogP contribution in [0.15, 0.2) is 42.5 Å². The van der Waals surface area contributed by atoms with Gasteiger partial charge in [0.25, 0.3) is 0 Å². The van der Waals surface area contributed by atoms with Gasteiger partial charge in [0.15, 0.2) is 5.78 Å². The second kappa shape index (κ2) is 5.90. The van der Waals surface area contributed by atoms with Crippen LogP contribution in [0.3, 0.4) is 0 Å². The van der Waals surface area contributed by atoms with Crippen LogP contribution in [-0.4, -0.2) is 5.78 Å². The van der Waals surface area contributed by atoms with Crippen LogP contribution in [-0.2, 0) is 0 Å². The Labute approximate surface area is 123 Å². The van der Waals surface area contributed by atoms with Crippen molar-refractivity contribution in [2.24, 2.45) is 0 Å². The molecular formula is C17H14ClNO. The highest BCUT2D eigenvalue weighted by molar-refractivity contribution is 6.32. The molecule has 0 spiro atoms. The van der Waals surface area contributed by atoms with E-state index in [1.54, 1.807) is 25.1 Å². The predicted molar refractivity (Wildman–Crippen MR) is 80.1 cm³/mol. The standard InChI is InChI=1S/C17H14ClNO/c1-11-6-3-4-7-13(11)15(10-19)17(20)14-8-5-9-16(18)12(14)2/h3-9,15H,1-2H3. The summed E-state index contributed by atoms with van der Waals surface area (Å²) in [6.07, 6.45) is 0. The van der Waals surface area contributed by atoms with Gasteiger partial charge in [-0.3, -0.25) is 4.79 Å². The van der Waals surface area contributed by atoms with Crippen molar-refractivity contribution in [1.82, 2.24) is 0 Å². The van der Waals surface area contributed by atoms with Crippen molar-refractivity contribution < 1.29 is 4.79 Å². The molecule has 0 bridgehead atoms. The minimum Gasteiger partial charge on any atom is -0.292 e. The largest absolute Gasteiger partial charge is 0.292 e. The van der Waals surface area contributed by atoms with Crippen LogP contribution in [0.2, 0.25) is 5.02 Å². The molecule has 1 atom stereocenters. The first-order valence-corrected chi connectivity index (χ1v) is 6.68. The van der Waals surface area contributed by atoms with Gasteiger partial charge in [-0.2, -0.15) is 5.26 Å². The van der Waals surface area contributed by atoms with E-state index in [2.05, 4.69) is 6.07 Å². The Bertz CT molecular complexity index is 700. The van der Waals surface area contributed by atoms with Crippen LogP contribution in [0.4, 0.5) is 0 Å². The van der Waals surface area contributed by atoms with E-state index in [4.69, 9.17) is 11.6 Å². The van der Waals surface area contributed by atoms with Crippen molar-refractivity contribution in [3.05, 3.63) is 69.7 Å². The summed E-state index contributed by atoms with van der Waals surface area (Å²) in [7, 11) is 0. The van der Waals surface area contributed by atoms with Crippen LogP contribution in [0, 0.1) is 25.2 Å². The van der Waals surface area contributed by atoms with E-state index in [9.17, 15) is 10.1 Å². The highest BCUT2D eigenvalue weighted by atomic mass is 35.5. The number of hydrogen-bond acceptors (Lipinski definition) is 2. The molecule has 20 heavy (non-hydrogen) atoms. The highest BCUT2D eigenvalue weighted by Crippen LogP contribution is 2.27. The Morgan fingerprint density at radius 2 is 1.85 bits per heavy atom. The number of Topliss-reactive ketones (excluding diaryl/α,β-unsaturated/α-hetero) is 1. The summed E-state index contributed by atoms with van der Waals surface area (Å²) < 4.78 is 0. The summed E-state index contributed by atoms with van der Waals surface area (Å²) in [4.78, 5) is 12.6. The maximum absolute atomic E-state index is 12.6.